The average Bonchev–Trinajstić information content (AvgIpc) is 2.94. The van der Waals surface area contributed by atoms with Crippen molar-refractivity contribution < 1.29 is 19.4 Å². The van der Waals surface area contributed by atoms with E-state index in [2.05, 4.69) is 5.32 Å². The number of amides is 1. The van der Waals surface area contributed by atoms with E-state index in [0.717, 1.165) is 6.42 Å². The molecule has 0 saturated heterocycles. The van der Waals surface area contributed by atoms with Gasteiger partial charge in [-0.1, -0.05) is 0 Å². The number of hydrogen-bond donors (Lipinski definition) is 2. The molecular weight excluding hydrogens is 210 g/mol. The van der Waals surface area contributed by atoms with Gasteiger partial charge in [-0.25, -0.2) is 4.79 Å². The zero-order valence-electron chi connectivity index (χ0n) is 9.20. The fraction of sp³-hybridized carbons (Fsp3) is 0.818. The van der Waals surface area contributed by atoms with Crippen LogP contribution in [0.15, 0.2) is 0 Å². The molecule has 0 unspecified atom stereocenters. The van der Waals surface area contributed by atoms with Crippen LogP contribution in [0.5, 0.6) is 0 Å². The summed E-state index contributed by atoms with van der Waals surface area (Å²) >= 11 is 0. The quantitative estimate of drug-likeness (QED) is 0.694. The molecule has 1 amide bonds. The number of carboxylic acids is 1. The predicted molar refractivity (Wildman–Crippen MR) is 55.9 cm³/mol. The molecule has 0 bridgehead atoms. The lowest BCUT2D eigenvalue weighted by atomic mass is 9.77. The maximum atomic E-state index is 11.5. The highest BCUT2D eigenvalue weighted by molar-refractivity contribution is 5.88. The minimum atomic E-state index is -1.01. The second kappa shape index (κ2) is 4.41. The van der Waals surface area contributed by atoms with Crippen molar-refractivity contribution in [1.82, 2.24) is 5.32 Å². The number of nitrogens with one attached hydrogen (secondary N) is 1. The molecule has 2 saturated carbocycles. The lowest BCUT2D eigenvalue weighted by Crippen LogP contribution is -2.59. The third-order valence-electron chi connectivity index (χ3n) is 3.28. The second-order valence-corrected chi connectivity index (χ2v) is 4.75. The van der Waals surface area contributed by atoms with Gasteiger partial charge in [0.1, 0.15) is 12.1 Å². The molecule has 0 aromatic heterocycles. The first-order valence-corrected chi connectivity index (χ1v) is 5.74. The maximum Gasteiger partial charge on any atom is 0.329 e. The Bertz CT molecular complexity index is 294. The smallest absolute Gasteiger partial charge is 0.329 e. The zero-order valence-corrected chi connectivity index (χ0v) is 9.20. The van der Waals surface area contributed by atoms with Crippen LogP contribution >= 0.6 is 0 Å². The second-order valence-electron chi connectivity index (χ2n) is 4.75. The molecule has 2 rings (SSSR count). The molecule has 0 radical (unpaired) electrons. The van der Waals surface area contributed by atoms with Gasteiger partial charge >= 0.3 is 5.97 Å². The predicted octanol–water partition coefficient (Wildman–Crippen LogP) is 0.536. The van der Waals surface area contributed by atoms with Crippen LogP contribution in [0.1, 0.15) is 32.1 Å². The van der Waals surface area contributed by atoms with E-state index in [-0.39, 0.29) is 12.5 Å². The first kappa shape index (κ1) is 11.4. The number of carboxylic acid groups (broad SMARTS) is 1. The summed E-state index contributed by atoms with van der Waals surface area (Å²) in [6, 6.07) is 0. The fourth-order valence-electron chi connectivity index (χ4n) is 1.83. The first-order valence-electron chi connectivity index (χ1n) is 5.74. The number of rotatable bonds is 6. The summed E-state index contributed by atoms with van der Waals surface area (Å²) in [5, 5.41) is 11.6. The Morgan fingerprint density at radius 1 is 1.38 bits per heavy atom. The van der Waals surface area contributed by atoms with Gasteiger partial charge in [0.25, 0.3) is 0 Å². The Hall–Kier alpha value is -1.10. The van der Waals surface area contributed by atoms with Gasteiger partial charge in [0.05, 0.1) is 6.61 Å². The molecule has 5 heteroatoms. The van der Waals surface area contributed by atoms with Crippen LogP contribution in [0, 0.1) is 5.92 Å². The summed E-state index contributed by atoms with van der Waals surface area (Å²) in [6.45, 7) is 0.596. The normalized spacial score (nSPS) is 22.2. The molecule has 0 atom stereocenters. The molecule has 0 spiro atoms. The average molecular weight is 227 g/mol. The third-order valence-corrected chi connectivity index (χ3v) is 3.28. The van der Waals surface area contributed by atoms with E-state index in [1.54, 1.807) is 0 Å². The summed E-state index contributed by atoms with van der Waals surface area (Å²) in [7, 11) is 0. The molecular formula is C11H17NO4. The molecule has 0 aliphatic heterocycles. The number of carbonyl (C=O) groups is 2. The number of ether oxygens (including phenoxy) is 1. The summed E-state index contributed by atoms with van der Waals surface area (Å²) in [4.78, 5) is 22.4. The molecule has 2 N–H and O–H groups in total. The van der Waals surface area contributed by atoms with Gasteiger partial charge in [-0.05, 0) is 38.0 Å². The highest BCUT2D eigenvalue weighted by Gasteiger charge is 2.45. The van der Waals surface area contributed by atoms with Crippen molar-refractivity contribution >= 4 is 11.9 Å². The van der Waals surface area contributed by atoms with Crippen molar-refractivity contribution in [3.05, 3.63) is 0 Å². The van der Waals surface area contributed by atoms with Gasteiger partial charge in [-0.15, -0.1) is 0 Å². The number of aliphatic carboxylic acids is 1. The third kappa shape index (κ3) is 2.52. The van der Waals surface area contributed by atoms with Crippen molar-refractivity contribution in [1.29, 1.82) is 0 Å². The Labute approximate surface area is 94.2 Å². The lowest BCUT2D eigenvalue weighted by Gasteiger charge is -2.38. The zero-order chi connectivity index (χ0) is 11.6. The molecule has 90 valence electrons. The van der Waals surface area contributed by atoms with Gasteiger partial charge < -0.3 is 15.2 Å². The molecule has 0 aromatic carbocycles. The van der Waals surface area contributed by atoms with Crippen LogP contribution in [0.25, 0.3) is 0 Å². The fourth-order valence-corrected chi connectivity index (χ4v) is 1.83. The molecule has 0 aromatic rings. The number of hydrogen-bond acceptors (Lipinski definition) is 3. The Balaban J connectivity index is 1.70. The Morgan fingerprint density at radius 3 is 2.50 bits per heavy atom. The van der Waals surface area contributed by atoms with Crippen LogP contribution in [0.2, 0.25) is 0 Å². The van der Waals surface area contributed by atoms with E-state index in [1.807, 2.05) is 0 Å². The number of carbonyl (C=O) groups excluding carboxylic acids is 1. The summed E-state index contributed by atoms with van der Waals surface area (Å²) < 4.78 is 5.21. The van der Waals surface area contributed by atoms with Crippen LogP contribution < -0.4 is 5.32 Å². The molecule has 5 nitrogen and oxygen atoms in total. The molecule has 0 heterocycles. The Kier molecular flexibility index (Phi) is 3.14. The van der Waals surface area contributed by atoms with E-state index < -0.39 is 11.5 Å². The molecule has 2 aliphatic carbocycles. The Morgan fingerprint density at radius 2 is 2.06 bits per heavy atom. The van der Waals surface area contributed by atoms with E-state index >= 15 is 0 Å². The van der Waals surface area contributed by atoms with Crippen molar-refractivity contribution in [2.45, 2.75) is 37.6 Å². The van der Waals surface area contributed by atoms with Crippen LogP contribution in [0.4, 0.5) is 0 Å². The SMILES string of the molecule is O=C(COCC1CC1)NC1(C(=O)O)CCC1. The van der Waals surface area contributed by atoms with Crippen molar-refractivity contribution in [2.24, 2.45) is 5.92 Å². The van der Waals surface area contributed by atoms with Gasteiger partial charge in [0.2, 0.25) is 5.91 Å². The minimum Gasteiger partial charge on any atom is -0.480 e. The monoisotopic (exact) mass is 227 g/mol. The first-order chi connectivity index (χ1) is 7.62. The van der Waals surface area contributed by atoms with Gasteiger partial charge in [0.15, 0.2) is 0 Å². The van der Waals surface area contributed by atoms with Crippen LogP contribution in [0.3, 0.4) is 0 Å². The van der Waals surface area contributed by atoms with Gasteiger partial charge in [-0.2, -0.15) is 0 Å². The molecule has 16 heavy (non-hydrogen) atoms. The lowest BCUT2D eigenvalue weighted by molar-refractivity contribution is -0.152. The van der Waals surface area contributed by atoms with Crippen molar-refractivity contribution in [3.8, 4) is 0 Å². The topological polar surface area (TPSA) is 75.6 Å². The highest BCUT2D eigenvalue weighted by Crippen LogP contribution is 2.32. The van der Waals surface area contributed by atoms with E-state index in [4.69, 9.17) is 9.84 Å². The van der Waals surface area contributed by atoms with Crippen molar-refractivity contribution in [2.75, 3.05) is 13.2 Å². The van der Waals surface area contributed by atoms with Gasteiger partial charge in [-0.3, -0.25) is 4.79 Å². The van der Waals surface area contributed by atoms with Crippen LogP contribution in [-0.4, -0.2) is 35.7 Å². The largest absolute Gasteiger partial charge is 0.480 e. The minimum absolute atomic E-state index is 0.0223. The highest BCUT2D eigenvalue weighted by atomic mass is 16.5. The maximum absolute atomic E-state index is 11.5. The van der Waals surface area contributed by atoms with Crippen LogP contribution in [-0.2, 0) is 14.3 Å². The summed E-state index contributed by atoms with van der Waals surface area (Å²) in [5.41, 5.74) is -1.01. The van der Waals surface area contributed by atoms with E-state index in [0.29, 0.717) is 25.4 Å². The van der Waals surface area contributed by atoms with Gasteiger partial charge in [0, 0.05) is 0 Å². The van der Waals surface area contributed by atoms with E-state index in [1.165, 1.54) is 12.8 Å². The van der Waals surface area contributed by atoms with E-state index in [9.17, 15) is 9.59 Å². The summed E-state index contributed by atoms with van der Waals surface area (Å²) in [6.07, 6.45) is 4.27. The summed E-state index contributed by atoms with van der Waals surface area (Å²) in [5.74, 6) is -0.637. The molecule has 2 fully saturated rings. The standard InChI is InChI=1S/C11H17NO4/c13-9(7-16-6-8-2-3-8)12-11(10(14)15)4-1-5-11/h8H,1-7H2,(H,12,13)(H,14,15). The van der Waals surface area contributed by atoms with Crippen molar-refractivity contribution in [3.63, 3.8) is 0 Å². The molecule has 2 aliphatic rings.